The maximum atomic E-state index is 13.4. The molecule has 0 unspecified atom stereocenters. The van der Waals surface area contributed by atoms with Crippen molar-refractivity contribution >= 4 is 22.6 Å². The highest BCUT2D eigenvalue weighted by molar-refractivity contribution is 5.95. The van der Waals surface area contributed by atoms with Gasteiger partial charge in [-0.3, -0.25) is 4.79 Å². The van der Waals surface area contributed by atoms with Crippen LogP contribution in [-0.2, 0) is 11.3 Å². The molecule has 7 heteroatoms. The van der Waals surface area contributed by atoms with Crippen molar-refractivity contribution in [2.45, 2.75) is 34.2 Å². The monoisotopic (exact) mass is 531 g/mol. The van der Waals surface area contributed by atoms with Crippen LogP contribution in [0.4, 0.5) is 5.69 Å². The molecule has 0 fully saturated rings. The summed E-state index contributed by atoms with van der Waals surface area (Å²) in [5.41, 5.74) is 6.50. The summed E-state index contributed by atoms with van der Waals surface area (Å²) in [6, 6.07) is 22.9. The summed E-state index contributed by atoms with van der Waals surface area (Å²) in [7, 11) is 0. The second kappa shape index (κ2) is 11.0. The Labute approximate surface area is 232 Å². The van der Waals surface area contributed by atoms with Crippen molar-refractivity contribution < 1.29 is 14.3 Å². The molecule has 0 aliphatic heterocycles. The van der Waals surface area contributed by atoms with Crippen LogP contribution in [0.2, 0.25) is 0 Å². The molecule has 40 heavy (non-hydrogen) atoms. The zero-order valence-corrected chi connectivity index (χ0v) is 22.9. The molecular formula is C33H29N3O4. The fourth-order valence-electron chi connectivity index (χ4n) is 4.80. The van der Waals surface area contributed by atoms with Crippen LogP contribution in [-0.4, -0.2) is 22.1 Å². The van der Waals surface area contributed by atoms with Gasteiger partial charge in [0.2, 0.25) is 0 Å². The van der Waals surface area contributed by atoms with Crippen molar-refractivity contribution in [1.29, 1.82) is 0 Å². The van der Waals surface area contributed by atoms with E-state index in [1.165, 1.54) is 0 Å². The summed E-state index contributed by atoms with van der Waals surface area (Å²) >= 11 is 0. The number of hydrogen-bond donors (Lipinski definition) is 1. The lowest BCUT2D eigenvalue weighted by Crippen LogP contribution is -2.23. The number of ether oxygens (including phenoxy) is 2. The second-order valence-corrected chi connectivity index (χ2v) is 9.77. The van der Waals surface area contributed by atoms with Gasteiger partial charge in [-0.05, 0) is 98.5 Å². The van der Waals surface area contributed by atoms with Crippen molar-refractivity contribution in [2.75, 3.05) is 6.61 Å². The number of aromatic nitrogens is 2. The maximum absolute atomic E-state index is 13.4. The third-order valence-electron chi connectivity index (χ3n) is 6.88. The van der Waals surface area contributed by atoms with E-state index in [-0.39, 0.29) is 11.2 Å². The quantitative estimate of drug-likeness (QED) is 0.174. The molecule has 5 rings (SSSR count). The number of aromatic amines is 1. The zero-order chi connectivity index (χ0) is 28.4. The van der Waals surface area contributed by atoms with Gasteiger partial charge in [0.25, 0.3) is 11.2 Å². The Balaban J connectivity index is 1.45. The van der Waals surface area contributed by atoms with Gasteiger partial charge in [0.05, 0.1) is 19.7 Å². The Bertz CT molecular complexity index is 1840. The number of H-pyrrole nitrogens is 1. The highest BCUT2D eigenvalue weighted by Crippen LogP contribution is 2.30. The van der Waals surface area contributed by atoms with Gasteiger partial charge in [0.15, 0.2) is 0 Å². The Hall–Kier alpha value is -5.09. The first-order chi connectivity index (χ1) is 19.3. The maximum Gasteiger partial charge on any atom is 0.354 e. The molecular weight excluding hydrogens is 502 g/mol. The lowest BCUT2D eigenvalue weighted by molar-refractivity contribution is 0.0520. The zero-order valence-electron chi connectivity index (χ0n) is 22.9. The lowest BCUT2D eigenvalue weighted by Gasteiger charge is -2.17. The fourth-order valence-corrected chi connectivity index (χ4v) is 4.80. The van der Waals surface area contributed by atoms with Crippen LogP contribution in [0.5, 0.6) is 11.5 Å². The molecule has 0 atom stereocenters. The molecule has 0 radical (unpaired) electrons. The minimum atomic E-state index is -0.396. The van der Waals surface area contributed by atoms with Crippen LogP contribution in [0.15, 0.2) is 77.6 Å². The van der Waals surface area contributed by atoms with E-state index in [2.05, 4.69) is 15.9 Å². The predicted octanol–water partition coefficient (Wildman–Crippen LogP) is 7.49. The first-order valence-electron chi connectivity index (χ1n) is 13.0. The van der Waals surface area contributed by atoms with Crippen LogP contribution in [0.25, 0.3) is 27.0 Å². The normalized spacial score (nSPS) is 10.9. The second-order valence-electron chi connectivity index (χ2n) is 9.77. The summed E-state index contributed by atoms with van der Waals surface area (Å²) in [6.45, 7) is 15.9. The van der Waals surface area contributed by atoms with E-state index >= 15 is 0 Å². The van der Waals surface area contributed by atoms with E-state index in [0.29, 0.717) is 35.9 Å². The highest BCUT2D eigenvalue weighted by atomic mass is 16.5. The SMILES string of the molecule is [C-]#[N+]c1c(C)cc(-c2ccc(Oc3ccc4cc(C(=O)OCC)[nH]c4c3)cc2)n(Cc2ccc(C)cc2C)c1=O. The number of fused-ring (bicyclic) bond motifs is 1. The van der Waals surface area contributed by atoms with Gasteiger partial charge in [0.1, 0.15) is 17.2 Å². The van der Waals surface area contributed by atoms with Crippen molar-refractivity contribution in [1.82, 2.24) is 9.55 Å². The molecule has 0 saturated heterocycles. The topological polar surface area (TPSA) is 77.7 Å². The first kappa shape index (κ1) is 26.5. The number of hydrogen-bond acceptors (Lipinski definition) is 4. The fraction of sp³-hybridized carbons (Fsp3) is 0.182. The summed E-state index contributed by atoms with van der Waals surface area (Å²) < 4.78 is 12.8. The van der Waals surface area contributed by atoms with E-state index in [0.717, 1.165) is 38.9 Å². The number of nitrogens with zero attached hydrogens (tertiary/aromatic N) is 2. The van der Waals surface area contributed by atoms with Gasteiger partial charge in [-0.1, -0.05) is 23.8 Å². The Morgan fingerprint density at radius 2 is 1.68 bits per heavy atom. The number of esters is 1. The lowest BCUT2D eigenvalue weighted by atomic mass is 10.0. The van der Waals surface area contributed by atoms with Crippen molar-refractivity contribution in [3.8, 4) is 22.8 Å². The molecule has 0 saturated carbocycles. The Morgan fingerprint density at radius 1 is 0.925 bits per heavy atom. The average molecular weight is 532 g/mol. The van der Waals surface area contributed by atoms with Gasteiger partial charge in [-0.25, -0.2) is 9.64 Å². The van der Waals surface area contributed by atoms with E-state index in [4.69, 9.17) is 16.0 Å². The molecule has 5 aromatic rings. The molecule has 200 valence electrons. The third-order valence-corrected chi connectivity index (χ3v) is 6.88. The standard InChI is InChI=1S/C33H29N3O4/c1-6-39-33(38)29-17-24-11-14-27(18-28(24)35-29)40-26-12-9-23(10-13-26)30-16-22(4)31(34-5)32(37)36(30)19-25-8-7-20(2)15-21(25)3/h7-18,35H,6,19H2,1-4H3. The largest absolute Gasteiger partial charge is 0.461 e. The number of carbonyl (C=O) groups is 1. The molecule has 2 heterocycles. The van der Waals surface area contributed by atoms with Crippen molar-refractivity contribution in [3.63, 3.8) is 0 Å². The minimum Gasteiger partial charge on any atom is -0.461 e. The third kappa shape index (κ3) is 5.25. The summed E-state index contributed by atoms with van der Waals surface area (Å²) in [6.07, 6.45) is 0. The van der Waals surface area contributed by atoms with Gasteiger partial charge in [-0.2, -0.15) is 0 Å². The molecule has 3 aromatic carbocycles. The van der Waals surface area contributed by atoms with E-state index < -0.39 is 5.97 Å². The number of nitrogens with one attached hydrogen (secondary N) is 1. The van der Waals surface area contributed by atoms with Crippen molar-refractivity contribution in [2.24, 2.45) is 0 Å². The number of benzene rings is 3. The highest BCUT2D eigenvalue weighted by Gasteiger charge is 2.16. The summed E-state index contributed by atoms with van der Waals surface area (Å²) in [5, 5.41) is 0.880. The molecule has 0 amide bonds. The van der Waals surface area contributed by atoms with Crippen LogP contribution >= 0.6 is 0 Å². The molecule has 0 bridgehead atoms. The minimum absolute atomic E-state index is 0.138. The number of rotatable bonds is 7. The predicted molar refractivity (Wildman–Crippen MR) is 156 cm³/mol. The molecule has 0 spiro atoms. The smallest absolute Gasteiger partial charge is 0.354 e. The molecule has 1 N–H and O–H groups in total. The number of carbonyl (C=O) groups excluding carboxylic acids is 1. The molecule has 0 aliphatic carbocycles. The number of aryl methyl sites for hydroxylation is 3. The summed E-state index contributed by atoms with van der Waals surface area (Å²) in [4.78, 5) is 32.0. The van der Waals surface area contributed by atoms with Crippen LogP contribution < -0.4 is 10.3 Å². The van der Waals surface area contributed by atoms with Crippen LogP contribution in [0.1, 0.15) is 39.7 Å². The van der Waals surface area contributed by atoms with Gasteiger partial charge >= 0.3 is 5.97 Å². The Morgan fingerprint density at radius 3 is 2.38 bits per heavy atom. The van der Waals surface area contributed by atoms with Gasteiger partial charge in [0, 0.05) is 22.7 Å². The van der Waals surface area contributed by atoms with Crippen LogP contribution in [0.3, 0.4) is 0 Å². The van der Waals surface area contributed by atoms with Gasteiger partial charge in [-0.15, -0.1) is 0 Å². The van der Waals surface area contributed by atoms with Gasteiger partial charge < -0.3 is 19.0 Å². The van der Waals surface area contributed by atoms with E-state index in [1.54, 1.807) is 24.5 Å². The average Bonchev–Trinajstić information content (AvgIpc) is 3.36. The molecule has 2 aromatic heterocycles. The van der Waals surface area contributed by atoms with Crippen LogP contribution in [0, 0.1) is 27.3 Å². The van der Waals surface area contributed by atoms with Crippen molar-refractivity contribution in [3.05, 3.63) is 123 Å². The molecule has 7 nitrogen and oxygen atoms in total. The first-order valence-corrected chi connectivity index (χ1v) is 13.0. The summed E-state index contributed by atoms with van der Waals surface area (Å²) in [5.74, 6) is 0.840. The molecule has 0 aliphatic rings. The van der Waals surface area contributed by atoms with E-state index in [1.807, 2.05) is 74.5 Å². The number of pyridine rings is 1. The Kier molecular flexibility index (Phi) is 7.26. The van der Waals surface area contributed by atoms with E-state index in [9.17, 15) is 9.59 Å².